The molecule has 1 rings (SSSR count). The van der Waals surface area contributed by atoms with Crippen LogP contribution in [0.1, 0.15) is 19.8 Å². The largest absolute Gasteiger partial charge is 0.480 e. The number of nitrogens with one attached hydrogen (secondary N) is 1. The molecule has 1 saturated carbocycles. The van der Waals surface area contributed by atoms with E-state index in [4.69, 9.17) is 10.8 Å². The number of aliphatic carboxylic acids is 1. The highest BCUT2D eigenvalue weighted by molar-refractivity contribution is 5.86. The fourth-order valence-electron chi connectivity index (χ4n) is 1.10. The Labute approximate surface area is 76.3 Å². The molecule has 5 nitrogen and oxygen atoms in total. The van der Waals surface area contributed by atoms with Gasteiger partial charge in [-0.3, -0.25) is 4.79 Å². The van der Waals surface area contributed by atoms with Crippen LogP contribution in [0, 0.1) is 5.92 Å². The first-order valence-electron chi connectivity index (χ1n) is 4.31. The van der Waals surface area contributed by atoms with Crippen LogP contribution in [0.25, 0.3) is 0 Å². The van der Waals surface area contributed by atoms with E-state index in [-0.39, 0.29) is 5.92 Å². The fourth-order valence-corrected chi connectivity index (χ4v) is 1.10. The van der Waals surface area contributed by atoms with E-state index in [1.807, 2.05) is 0 Å². The Hall–Kier alpha value is -1.10. The molecule has 1 amide bonds. The summed E-state index contributed by atoms with van der Waals surface area (Å²) in [6, 6.07) is -1.40. The molecule has 1 fully saturated rings. The van der Waals surface area contributed by atoms with Gasteiger partial charge in [0, 0.05) is 0 Å². The van der Waals surface area contributed by atoms with Gasteiger partial charge in [0.15, 0.2) is 0 Å². The summed E-state index contributed by atoms with van der Waals surface area (Å²) >= 11 is 0. The first kappa shape index (κ1) is 9.98. The van der Waals surface area contributed by atoms with Crippen LogP contribution in [0.15, 0.2) is 0 Å². The van der Waals surface area contributed by atoms with Crippen LogP contribution in [0.4, 0.5) is 0 Å². The maximum absolute atomic E-state index is 11.1. The molecule has 0 aromatic rings. The minimum Gasteiger partial charge on any atom is -0.480 e. The molecule has 0 saturated heterocycles. The van der Waals surface area contributed by atoms with Crippen molar-refractivity contribution >= 4 is 11.9 Å². The summed E-state index contributed by atoms with van der Waals surface area (Å²) in [4.78, 5) is 21.8. The molecule has 5 heteroatoms. The van der Waals surface area contributed by atoms with E-state index >= 15 is 0 Å². The fraction of sp³-hybridized carbons (Fsp3) is 0.750. The lowest BCUT2D eigenvalue weighted by Gasteiger charge is -2.14. The number of amides is 1. The quantitative estimate of drug-likeness (QED) is 0.542. The first-order valence-corrected chi connectivity index (χ1v) is 4.31. The van der Waals surface area contributed by atoms with Gasteiger partial charge in [0.05, 0.1) is 6.04 Å². The van der Waals surface area contributed by atoms with E-state index < -0.39 is 24.0 Å². The smallest absolute Gasteiger partial charge is 0.326 e. The van der Waals surface area contributed by atoms with Gasteiger partial charge in [-0.15, -0.1) is 0 Å². The van der Waals surface area contributed by atoms with Gasteiger partial charge in [-0.05, 0) is 25.7 Å². The van der Waals surface area contributed by atoms with Crippen molar-refractivity contribution in [1.29, 1.82) is 0 Å². The molecule has 1 aliphatic carbocycles. The van der Waals surface area contributed by atoms with Gasteiger partial charge < -0.3 is 16.2 Å². The Morgan fingerprint density at radius 2 is 2.08 bits per heavy atom. The lowest BCUT2D eigenvalue weighted by atomic mass is 10.2. The van der Waals surface area contributed by atoms with E-state index in [2.05, 4.69) is 5.32 Å². The summed E-state index contributed by atoms with van der Waals surface area (Å²) in [5.41, 5.74) is 5.30. The Kier molecular flexibility index (Phi) is 2.87. The number of rotatable bonds is 4. The molecule has 2 atom stereocenters. The van der Waals surface area contributed by atoms with Gasteiger partial charge in [-0.1, -0.05) is 0 Å². The molecule has 0 spiro atoms. The molecule has 0 radical (unpaired) electrons. The van der Waals surface area contributed by atoms with Crippen molar-refractivity contribution in [1.82, 2.24) is 5.32 Å². The Morgan fingerprint density at radius 1 is 1.54 bits per heavy atom. The van der Waals surface area contributed by atoms with Gasteiger partial charge in [-0.2, -0.15) is 0 Å². The molecule has 13 heavy (non-hydrogen) atoms. The SMILES string of the molecule is C[C@@H](N)C(=O)NC(C(=O)O)C1CC1. The Morgan fingerprint density at radius 3 is 2.38 bits per heavy atom. The van der Waals surface area contributed by atoms with Crippen molar-refractivity contribution in [2.24, 2.45) is 11.7 Å². The average molecular weight is 186 g/mol. The summed E-state index contributed by atoms with van der Waals surface area (Å²) in [5.74, 6) is -1.28. The van der Waals surface area contributed by atoms with Crippen LogP contribution in [-0.4, -0.2) is 29.1 Å². The number of nitrogens with two attached hydrogens (primary N) is 1. The van der Waals surface area contributed by atoms with E-state index in [9.17, 15) is 9.59 Å². The molecule has 0 bridgehead atoms. The number of carbonyl (C=O) groups is 2. The van der Waals surface area contributed by atoms with Crippen molar-refractivity contribution in [3.63, 3.8) is 0 Å². The molecule has 1 unspecified atom stereocenters. The number of carboxylic acid groups (broad SMARTS) is 1. The molecule has 1 aliphatic rings. The van der Waals surface area contributed by atoms with Gasteiger partial charge in [0.2, 0.25) is 5.91 Å². The van der Waals surface area contributed by atoms with Crippen molar-refractivity contribution < 1.29 is 14.7 Å². The summed E-state index contributed by atoms with van der Waals surface area (Å²) < 4.78 is 0. The van der Waals surface area contributed by atoms with Crippen LogP contribution >= 0.6 is 0 Å². The lowest BCUT2D eigenvalue weighted by molar-refractivity contribution is -0.142. The third kappa shape index (κ3) is 2.69. The number of hydrogen-bond donors (Lipinski definition) is 3. The summed E-state index contributed by atoms with van der Waals surface area (Å²) in [7, 11) is 0. The zero-order chi connectivity index (χ0) is 10.0. The second-order valence-electron chi connectivity index (χ2n) is 3.45. The maximum Gasteiger partial charge on any atom is 0.326 e. The van der Waals surface area contributed by atoms with Crippen molar-refractivity contribution in [3.05, 3.63) is 0 Å². The highest BCUT2D eigenvalue weighted by Gasteiger charge is 2.37. The van der Waals surface area contributed by atoms with Crippen molar-refractivity contribution in [3.8, 4) is 0 Å². The van der Waals surface area contributed by atoms with E-state index in [1.165, 1.54) is 6.92 Å². The Bertz CT molecular complexity index is 223. The topological polar surface area (TPSA) is 92.4 Å². The van der Waals surface area contributed by atoms with Gasteiger partial charge in [-0.25, -0.2) is 4.79 Å². The van der Waals surface area contributed by atoms with Crippen LogP contribution in [-0.2, 0) is 9.59 Å². The van der Waals surface area contributed by atoms with E-state index in [0.29, 0.717) is 0 Å². The minimum atomic E-state index is -0.975. The minimum absolute atomic E-state index is 0.0974. The molecule has 74 valence electrons. The van der Waals surface area contributed by atoms with Crippen LogP contribution in [0.5, 0.6) is 0 Å². The van der Waals surface area contributed by atoms with Crippen molar-refractivity contribution in [2.75, 3.05) is 0 Å². The summed E-state index contributed by atoms with van der Waals surface area (Å²) in [6.07, 6.45) is 1.74. The summed E-state index contributed by atoms with van der Waals surface area (Å²) in [5, 5.41) is 11.2. The number of carboxylic acids is 1. The van der Waals surface area contributed by atoms with E-state index in [0.717, 1.165) is 12.8 Å². The van der Waals surface area contributed by atoms with Crippen LogP contribution in [0.2, 0.25) is 0 Å². The van der Waals surface area contributed by atoms with E-state index in [1.54, 1.807) is 0 Å². The monoisotopic (exact) mass is 186 g/mol. The second kappa shape index (κ2) is 3.74. The molecule has 0 aliphatic heterocycles. The average Bonchev–Trinajstić information content (AvgIpc) is 2.81. The number of carbonyl (C=O) groups excluding carboxylic acids is 1. The second-order valence-corrected chi connectivity index (χ2v) is 3.45. The Balaban J connectivity index is 2.47. The third-order valence-electron chi connectivity index (χ3n) is 2.07. The molecule has 0 heterocycles. The highest BCUT2D eigenvalue weighted by atomic mass is 16.4. The zero-order valence-corrected chi connectivity index (χ0v) is 7.49. The highest BCUT2D eigenvalue weighted by Crippen LogP contribution is 2.32. The molecule has 0 aromatic carbocycles. The predicted molar refractivity (Wildman–Crippen MR) is 45.9 cm³/mol. The van der Waals surface area contributed by atoms with Gasteiger partial charge in [0.25, 0.3) is 0 Å². The number of hydrogen-bond acceptors (Lipinski definition) is 3. The standard InChI is InChI=1S/C8H14N2O3/c1-4(9)7(11)10-6(8(12)13)5-2-3-5/h4-6H,2-3,9H2,1H3,(H,10,11)(H,12,13)/t4-,6?/m1/s1. The van der Waals surface area contributed by atoms with Crippen molar-refractivity contribution in [2.45, 2.75) is 31.8 Å². The molecular weight excluding hydrogens is 172 g/mol. The van der Waals surface area contributed by atoms with Gasteiger partial charge >= 0.3 is 5.97 Å². The molecule has 0 aromatic heterocycles. The van der Waals surface area contributed by atoms with Crippen LogP contribution < -0.4 is 11.1 Å². The van der Waals surface area contributed by atoms with Crippen LogP contribution in [0.3, 0.4) is 0 Å². The predicted octanol–water partition coefficient (Wildman–Crippen LogP) is -0.687. The molecule has 4 N–H and O–H groups in total. The van der Waals surface area contributed by atoms with Gasteiger partial charge in [0.1, 0.15) is 6.04 Å². The molecular formula is C8H14N2O3. The first-order chi connectivity index (χ1) is 6.02. The zero-order valence-electron chi connectivity index (χ0n) is 7.49. The summed E-state index contributed by atoms with van der Waals surface area (Å²) in [6.45, 7) is 1.53. The third-order valence-corrected chi connectivity index (χ3v) is 2.07. The normalized spacial score (nSPS) is 20.5. The lowest BCUT2D eigenvalue weighted by Crippen LogP contribution is -2.48. The maximum atomic E-state index is 11.1.